The van der Waals surface area contributed by atoms with Gasteiger partial charge >= 0.3 is 5.97 Å². The lowest BCUT2D eigenvalue weighted by atomic mass is 10.1. The molecule has 1 unspecified atom stereocenters. The Morgan fingerprint density at radius 2 is 2.11 bits per heavy atom. The maximum Gasteiger partial charge on any atom is 0.326 e. The number of carbonyl (C=O) groups is 2. The number of hydrogen-bond acceptors (Lipinski definition) is 5. The normalized spacial score (nSPS) is 12.1. The molecule has 1 aromatic rings. The highest BCUT2D eigenvalue weighted by Crippen LogP contribution is 2.13. The zero-order valence-electron chi connectivity index (χ0n) is 11.2. The first-order valence-corrected chi connectivity index (χ1v) is 7.22. The van der Waals surface area contributed by atoms with Crippen molar-refractivity contribution in [2.45, 2.75) is 52.0 Å². The van der Waals surface area contributed by atoms with Crippen LogP contribution in [0.5, 0.6) is 0 Å². The first kappa shape index (κ1) is 15.6. The van der Waals surface area contributed by atoms with Crippen molar-refractivity contribution >= 4 is 23.4 Å². The van der Waals surface area contributed by atoms with Crippen LogP contribution in [0.2, 0.25) is 0 Å². The third-order valence-corrected chi connectivity index (χ3v) is 3.47. The molecule has 1 aromatic heterocycles. The monoisotopic (exact) mass is 285 g/mol. The Labute approximate surface area is 116 Å². The fourth-order valence-electron chi connectivity index (χ4n) is 1.67. The van der Waals surface area contributed by atoms with Crippen LogP contribution in [0.3, 0.4) is 0 Å². The van der Waals surface area contributed by atoms with Crippen LogP contribution in [0.15, 0.2) is 0 Å². The van der Waals surface area contributed by atoms with Crippen molar-refractivity contribution < 1.29 is 14.7 Å². The Morgan fingerprint density at radius 3 is 2.68 bits per heavy atom. The Kier molecular flexibility index (Phi) is 6.41. The van der Waals surface area contributed by atoms with Gasteiger partial charge in [-0.2, -0.15) is 0 Å². The SMILES string of the molecule is CCCCC(NC(=O)c1snnc1CCC)C(=O)O. The number of aromatic nitrogens is 2. The Balaban J connectivity index is 2.70. The van der Waals surface area contributed by atoms with Crippen LogP contribution >= 0.6 is 11.5 Å². The highest BCUT2D eigenvalue weighted by atomic mass is 32.1. The summed E-state index contributed by atoms with van der Waals surface area (Å²) >= 11 is 1.01. The van der Waals surface area contributed by atoms with Gasteiger partial charge in [-0.1, -0.05) is 37.6 Å². The van der Waals surface area contributed by atoms with E-state index in [9.17, 15) is 9.59 Å². The molecule has 0 aliphatic heterocycles. The maximum atomic E-state index is 12.0. The quantitative estimate of drug-likeness (QED) is 0.760. The van der Waals surface area contributed by atoms with E-state index < -0.39 is 12.0 Å². The van der Waals surface area contributed by atoms with E-state index in [0.717, 1.165) is 30.8 Å². The van der Waals surface area contributed by atoms with Gasteiger partial charge in [-0.3, -0.25) is 4.79 Å². The number of rotatable bonds is 8. The van der Waals surface area contributed by atoms with Gasteiger partial charge in [0.2, 0.25) is 0 Å². The second kappa shape index (κ2) is 7.83. The summed E-state index contributed by atoms with van der Waals surface area (Å²) in [6.07, 6.45) is 3.63. The number of aliphatic carboxylic acids is 1. The van der Waals surface area contributed by atoms with Crippen LogP contribution < -0.4 is 5.32 Å². The van der Waals surface area contributed by atoms with Gasteiger partial charge in [-0.05, 0) is 24.4 Å². The van der Waals surface area contributed by atoms with Crippen LogP contribution in [0.4, 0.5) is 0 Å². The summed E-state index contributed by atoms with van der Waals surface area (Å²) in [6.45, 7) is 3.97. The van der Waals surface area contributed by atoms with Gasteiger partial charge in [-0.25, -0.2) is 4.79 Å². The van der Waals surface area contributed by atoms with Crippen LogP contribution in [0.1, 0.15) is 54.9 Å². The van der Waals surface area contributed by atoms with Gasteiger partial charge < -0.3 is 10.4 Å². The summed E-state index contributed by atoms with van der Waals surface area (Å²) in [5, 5.41) is 15.5. The molecular weight excluding hydrogens is 266 g/mol. The van der Waals surface area contributed by atoms with E-state index in [4.69, 9.17) is 5.11 Å². The predicted molar refractivity (Wildman–Crippen MR) is 72.3 cm³/mol. The van der Waals surface area contributed by atoms with Gasteiger partial charge in [0, 0.05) is 0 Å². The number of nitrogens with one attached hydrogen (secondary N) is 1. The minimum absolute atomic E-state index is 0.387. The molecule has 2 N–H and O–H groups in total. The number of carboxylic acid groups (broad SMARTS) is 1. The van der Waals surface area contributed by atoms with Crippen LogP contribution in [0, 0.1) is 0 Å². The Morgan fingerprint density at radius 1 is 1.37 bits per heavy atom. The summed E-state index contributed by atoms with van der Waals surface area (Å²) in [7, 11) is 0. The lowest BCUT2D eigenvalue weighted by molar-refractivity contribution is -0.139. The molecule has 0 bridgehead atoms. The molecule has 7 heteroatoms. The van der Waals surface area contributed by atoms with Gasteiger partial charge in [-0.15, -0.1) is 5.10 Å². The van der Waals surface area contributed by atoms with Crippen molar-refractivity contribution in [3.63, 3.8) is 0 Å². The number of carbonyl (C=O) groups excluding carboxylic acids is 1. The minimum atomic E-state index is -1.00. The molecule has 106 valence electrons. The minimum Gasteiger partial charge on any atom is -0.480 e. The molecule has 1 rings (SSSR count). The van der Waals surface area contributed by atoms with Gasteiger partial charge in [0.05, 0.1) is 5.69 Å². The molecule has 0 saturated heterocycles. The smallest absolute Gasteiger partial charge is 0.326 e. The summed E-state index contributed by atoms with van der Waals surface area (Å²) < 4.78 is 3.76. The topological polar surface area (TPSA) is 92.2 Å². The molecule has 0 aliphatic rings. The summed E-state index contributed by atoms with van der Waals surface area (Å²) in [4.78, 5) is 23.5. The molecule has 0 saturated carbocycles. The molecule has 0 fully saturated rings. The zero-order chi connectivity index (χ0) is 14.3. The maximum absolute atomic E-state index is 12.0. The van der Waals surface area contributed by atoms with Crippen LogP contribution in [-0.4, -0.2) is 32.6 Å². The van der Waals surface area contributed by atoms with Gasteiger partial charge in [0.1, 0.15) is 10.9 Å². The van der Waals surface area contributed by atoms with Crippen LogP contribution in [0.25, 0.3) is 0 Å². The standard InChI is InChI=1S/C12H19N3O3S/c1-3-5-7-9(12(17)18)13-11(16)10-8(6-4-2)14-15-19-10/h9H,3-7H2,1-2H3,(H,13,16)(H,17,18). The lowest BCUT2D eigenvalue weighted by Crippen LogP contribution is -2.40. The fraction of sp³-hybridized carbons (Fsp3) is 0.667. The number of nitrogens with zero attached hydrogens (tertiary/aromatic N) is 2. The molecular formula is C12H19N3O3S. The molecule has 0 radical (unpaired) electrons. The van der Waals surface area contributed by atoms with Crippen molar-refractivity contribution in [3.8, 4) is 0 Å². The lowest BCUT2D eigenvalue weighted by Gasteiger charge is -2.13. The van der Waals surface area contributed by atoms with Crippen LogP contribution in [-0.2, 0) is 11.2 Å². The van der Waals surface area contributed by atoms with E-state index in [0.29, 0.717) is 23.4 Å². The van der Waals surface area contributed by atoms with E-state index in [2.05, 4.69) is 14.9 Å². The first-order chi connectivity index (χ1) is 9.10. The average molecular weight is 285 g/mol. The number of amides is 1. The highest BCUT2D eigenvalue weighted by molar-refractivity contribution is 7.08. The average Bonchev–Trinajstić information content (AvgIpc) is 2.82. The highest BCUT2D eigenvalue weighted by Gasteiger charge is 2.23. The van der Waals surface area contributed by atoms with E-state index in [1.807, 2.05) is 13.8 Å². The van der Waals surface area contributed by atoms with E-state index in [1.165, 1.54) is 0 Å². The van der Waals surface area contributed by atoms with Crippen molar-refractivity contribution in [2.75, 3.05) is 0 Å². The van der Waals surface area contributed by atoms with Gasteiger partial charge in [0.25, 0.3) is 5.91 Å². The molecule has 1 heterocycles. The number of carboxylic acids is 1. The zero-order valence-corrected chi connectivity index (χ0v) is 12.0. The Hall–Kier alpha value is -1.50. The van der Waals surface area contributed by atoms with Crippen molar-refractivity contribution in [1.29, 1.82) is 0 Å². The van der Waals surface area contributed by atoms with Crippen molar-refractivity contribution in [2.24, 2.45) is 0 Å². The summed E-state index contributed by atoms with van der Waals surface area (Å²) in [5.74, 6) is -1.39. The third-order valence-electron chi connectivity index (χ3n) is 2.70. The Bertz CT molecular complexity index is 434. The van der Waals surface area contributed by atoms with Gasteiger partial charge in [0.15, 0.2) is 0 Å². The summed E-state index contributed by atoms with van der Waals surface area (Å²) in [5.41, 5.74) is 0.643. The molecule has 6 nitrogen and oxygen atoms in total. The molecule has 1 amide bonds. The summed E-state index contributed by atoms with van der Waals surface area (Å²) in [6, 6.07) is -0.843. The number of aryl methyl sites for hydroxylation is 1. The number of unbranched alkanes of at least 4 members (excludes halogenated alkanes) is 1. The second-order valence-corrected chi connectivity index (χ2v) is 5.06. The number of hydrogen-bond donors (Lipinski definition) is 2. The predicted octanol–water partition coefficient (Wildman–Crippen LogP) is 1.86. The van der Waals surface area contributed by atoms with E-state index in [-0.39, 0.29) is 5.91 Å². The third kappa shape index (κ3) is 4.59. The van der Waals surface area contributed by atoms with E-state index in [1.54, 1.807) is 0 Å². The molecule has 19 heavy (non-hydrogen) atoms. The first-order valence-electron chi connectivity index (χ1n) is 6.45. The molecule has 0 aliphatic carbocycles. The fourth-order valence-corrected chi connectivity index (χ4v) is 2.28. The largest absolute Gasteiger partial charge is 0.480 e. The van der Waals surface area contributed by atoms with Crippen molar-refractivity contribution in [1.82, 2.24) is 14.9 Å². The molecule has 0 aromatic carbocycles. The molecule has 0 spiro atoms. The molecule has 1 atom stereocenters. The van der Waals surface area contributed by atoms with Crippen molar-refractivity contribution in [3.05, 3.63) is 10.6 Å². The van der Waals surface area contributed by atoms with E-state index >= 15 is 0 Å². The second-order valence-electron chi connectivity index (χ2n) is 4.31.